The molecule has 54 valence electrons. The van der Waals surface area contributed by atoms with Crippen LogP contribution in [0.4, 0.5) is 0 Å². The molecule has 0 spiro atoms. The lowest BCUT2D eigenvalue weighted by atomic mass is 10.4. The van der Waals surface area contributed by atoms with E-state index in [0.29, 0.717) is 0 Å². The van der Waals surface area contributed by atoms with Crippen molar-refractivity contribution in [2.24, 2.45) is 0 Å². The van der Waals surface area contributed by atoms with Gasteiger partial charge >= 0.3 is 0 Å². The number of hydrogen-bond acceptors (Lipinski definition) is 0. The maximum atomic E-state index is 6.18. The van der Waals surface area contributed by atoms with Gasteiger partial charge in [-0.1, -0.05) is 52.1 Å². The van der Waals surface area contributed by atoms with E-state index < -0.39 is 4.88 Å². The van der Waals surface area contributed by atoms with Crippen LogP contribution < -0.4 is 5.19 Å². The van der Waals surface area contributed by atoms with E-state index in [1.807, 2.05) is 18.2 Å². The molecule has 0 fully saturated rings. The maximum absolute atomic E-state index is 6.18. The molecule has 1 atom stereocenters. The first kappa shape index (κ1) is 8.55. The number of rotatable bonds is 1. The normalized spacial score (nSPS) is 16.3. The molecule has 0 saturated heterocycles. The highest BCUT2D eigenvalue weighted by molar-refractivity contribution is 14.1. The fourth-order valence-corrected chi connectivity index (χ4v) is 2.97. The van der Waals surface area contributed by atoms with Crippen LogP contribution in [0.1, 0.15) is 0 Å². The third-order valence-corrected chi connectivity index (χ3v) is 5.15. The Labute approximate surface area is 79.5 Å². The minimum Gasteiger partial charge on any atom is -0.147 e. The van der Waals surface area contributed by atoms with Gasteiger partial charge in [-0.2, -0.15) is 0 Å². The van der Waals surface area contributed by atoms with Gasteiger partial charge in [0.25, 0.3) is 0 Å². The van der Waals surface area contributed by atoms with Crippen LogP contribution in [-0.4, -0.2) is 4.88 Å². The van der Waals surface area contributed by atoms with Gasteiger partial charge in [0.1, 0.15) is 0 Å². The summed E-state index contributed by atoms with van der Waals surface area (Å²) in [4.78, 5) is -1.59. The summed E-state index contributed by atoms with van der Waals surface area (Å²) in [5, 5.41) is 1.29. The largest absolute Gasteiger partial charge is 0.248 e. The molecule has 0 amide bonds. The van der Waals surface area contributed by atoms with Crippen LogP contribution in [0.25, 0.3) is 0 Å². The van der Waals surface area contributed by atoms with E-state index in [1.165, 1.54) is 5.19 Å². The van der Waals surface area contributed by atoms with E-state index in [4.69, 9.17) is 11.1 Å². The summed E-state index contributed by atoms with van der Waals surface area (Å²) in [5.41, 5.74) is 0. The zero-order valence-corrected chi connectivity index (χ0v) is 9.56. The highest BCUT2D eigenvalue weighted by Crippen LogP contribution is 2.16. The summed E-state index contributed by atoms with van der Waals surface area (Å²) >= 11 is 8.53. The molecule has 0 aliphatic carbocycles. The monoisotopic (exact) mass is 282 g/mol. The van der Waals surface area contributed by atoms with Gasteiger partial charge in [0.05, 0.1) is 0 Å². The first-order valence-corrected chi connectivity index (χ1v) is 9.66. The molecule has 0 nitrogen and oxygen atoms in total. The number of halogens is 2. The molecule has 0 saturated carbocycles. The minimum atomic E-state index is -1.59. The third kappa shape index (κ3) is 2.25. The number of benzene rings is 1. The Morgan fingerprint density at radius 2 is 1.80 bits per heavy atom. The van der Waals surface area contributed by atoms with Gasteiger partial charge in [-0.15, -0.1) is 11.1 Å². The molecule has 1 aromatic rings. The van der Waals surface area contributed by atoms with E-state index in [0.717, 1.165) is 0 Å². The van der Waals surface area contributed by atoms with Crippen molar-refractivity contribution in [3.63, 3.8) is 0 Å². The molecule has 0 radical (unpaired) electrons. The van der Waals surface area contributed by atoms with Gasteiger partial charge in [0.2, 0.25) is 4.88 Å². The SMILES string of the molecule is C[Si](Cl)(I)c1ccccc1. The standard InChI is InChI=1S/C7H8ClISi/c1-10(8,9)7-5-3-2-4-6-7/h2-6H,1H3. The van der Waals surface area contributed by atoms with Crippen molar-refractivity contribution in [2.75, 3.05) is 0 Å². The Morgan fingerprint density at radius 3 is 2.10 bits per heavy atom. The molecular weight excluding hydrogens is 275 g/mol. The molecule has 0 aliphatic rings. The van der Waals surface area contributed by atoms with Gasteiger partial charge in [-0.05, 0) is 11.7 Å². The molecule has 1 rings (SSSR count). The smallest absolute Gasteiger partial charge is 0.147 e. The van der Waals surface area contributed by atoms with E-state index in [2.05, 4.69) is 40.5 Å². The molecule has 1 aromatic carbocycles. The summed E-state index contributed by atoms with van der Waals surface area (Å²) in [5.74, 6) is 0. The summed E-state index contributed by atoms with van der Waals surface area (Å²) in [6.07, 6.45) is 0. The molecule has 0 heterocycles. The van der Waals surface area contributed by atoms with Crippen LogP contribution in [0, 0.1) is 0 Å². The summed E-state index contributed by atoms with van der Waals surface area (Å²) in [6.45, 7) is 2.12. The Balaban J connectivity index is 2.97. The Morgan fingerprint density at radius 1 is 1.30 bits per heavy atom. The second kappa shape index (κ2) is 3.24. The van der Waals surface area contributed by atoms with E-state index >= 15 is 0 Å². The fraction of sp³-hybridized carbons (Fsp3) is 0.143. The average Bonchev–Trinajstić information content (AvgIpc) is 1.88. The van der Waals surface area contributed by atoms with E-state index in [1.54, 1.807) is 0 Å². The van der Waals surface area contributed by atoms with Gasteiger partial charge < -0.3 is 0 Å². The van der Waals surface area contributed by atoms with Crippen LogP contribution >= 0.6 is 32.9 Å². The van der Waals surface area contributed by atoms with E-state index in [9.17, 15) is 0 Å². The van der Waals surface area contributed by atoms with E-state index in [-0.39, 0.29) is 0 Å². The second-order valence-electron chi connectivity index (χ2n) is 2.25. The maximum Gasteiger partial charge on any atom is 0.248 e. The molecular formula is C7H8ClISi. The molecule has 3 heteroatoms. The van der Waals surface area contributed by atoms with Crippen molar-refractivity contribution in [2.45, 2.75) is 6.55 Å². The van der Waals surface area contributed by atoms with Crippen LogP contribution in [0.3, 0.4) is 0 Å². The average molecular weight is 283 g/mol. The quantitative estimate of drug-likeness (QED) is 0.422. The zero-order valence-electron chi connectivity index (χ0n) is 5.64. The van der Waals surface area contributed by atoms with Crippen molar-refractivity contribution in [3.05, 3.63) is 30.3 Å². The molecule has 10 heavy (non-hydrogen) atoms. The van der Waals surface area contributed by atoms with Crippen molar-refractivity contribution in [1.82, 2.24) is 0 Å². The fourth-order valence-electron chi connectivity index (χ4n) is 0.731. The lowest BCUT2D eigenvalue weighted by Gasteiger charge is -2.09. The lowest BCUT2D eigenvalue weighted by molar-refractivity contribution is 1.76. The molecule has 1 unspecified atom stereocenters. The van der Waals surface area contributed by atoms with Gasteiger partial charge in [0, 0.05) is 0 Å². The molecule has 0 aromatic heterocycles. The molecule has 0 bridgehead atoms. The Hall–Kier alpha value is 0.457. The highest BCUT2D eigenvalue weighted by atomic mass is 127. The van der Waals surface area contributed by atoms with Gasteiger partial charge in [0.15, 0.2) is 0 Å². The van der Waals surface area contributed by atoms with Crippen LogP contribution in [-0.2, 0) is 0 Å². The second-order valence-corrected chi connectivity index (χ2v) is 15.3. The summed E-state index contributed by atoms with van der Waals surface area (Å²) in [6, 6.07) is 10.2. The van der Waals surface area contributed by atoms with Crippen molar-refractivity contribution < 1.29 is 0 Å². The van der Waals surface area contributed by atoms with Crippen molar-refractivity contribution >= 4 is 42.9 Å². The minimum absolute atomic E-state index is 1.29. The third-order valence-electron chi connectivity index (χ3n) is 1.28. The van der Waals surface area contributed by atoms with Crippen LogP contribution in [0.15, 0.2) is 30.3 Å². The Bertz CT molecular complexity index is 205. The first-order chi connectivity index (χ1) is 4.61. The van der Waals surface area contributed by atoms with Crippen molar-refractivity contribution in [3.8, 4) is 0 Å². The molecule has 0 aliphatic heterocycles. The van der Waals surface area contributed by atoms with Crippen LogP contribution in [0.5, 0.6) is 0 Å². The Kier molecular flexibility index (Phi) is 2.77. The molecule has 0 N–H and O–H groups in total. The van der Waals surface area contributed by atoms with Crippen LogP contribution in [0.2, 0.25) is 6.55 Å². The number of hydrogen-bond donors (Lipinski definition) is 0. The summed E-state index contributed by atoms with van der Waals surface area (Å²) < 4.78 is 0. The zero-order chi connectivity index (χ0) is 7.61. The lowest BCUT2D eigenvalue weighted by Crippen LogP contribution is -2.31. The predicted octanol–water partition coefficient (Wildman–Crippen LogP) is 2.64. The predicted molar refractivity (Wildman–Crippen MR) is 57.6 cm³/mol. The summed E-state index contributed by atoms with van der Waals surface area (Å²) in [7, 11) is 0. The topological polar surface area (TPSA) is 0 Å². The highest BCUT2D eigenvalue weighted by Gasteiger charge is 2.21. The van der Waals surface area contributed by atoms with Gasteiger partial charge in [-0.3, -0.25) is 0 Å². The first-order valence-electron chi connectivity index (χ1n) is 3.04. The van der Waals surface area contributed by atoms with Crippen molar-refractivity contribution in [1.29, 1.82) is 0 Å². The van der Waals surface area contributed by atoms with Gasteiger partial charge in [-0.25, -0.2) is 0 Å².